The largest absolute Gasteiger partial charge is 0.459 e. The van der Waals surface area contributed by atoms with Crippen LogP contribution in [0.2, 0.25) is 0 Å². The molecule has 124 valence electrons. The third-order valence-electron chi connectivity index (χ3n) is 4.98. The van der Waals surface area contributed by atoms with Gasteiger partial charge in [0.2, 0.25) is 5.91 Å². The molecule has 0 spiro atoms. The number of hydrogen-bond donors (Lipinski definition) is 1. The van der Waals surface area contributed by atoms with Crippen molar-refractivity contribution in [2.24, 2.45) is 11.7 Å². The van der Waals surface area contributed by atoms with Crippen molar-refractivity contribution in [3.8, 4) is 0 Å². The molecule has 4 atom stereocenters. The minimum atomic E-state index is -0.584. The Morgan fingerprint density at radius 2 is 2.04 bits per heavy atom. The second kappa shape index (κ2) is 6.71. The van der Waals surface area contributed by atoms with Gasteiger partial charge in [0.25, 0.3) is 0 Å². The normalized spacial score (nSPS) is 27.6. The first-order chi connectivity index (χ1) is 11.1. The molecule has 1 aliphatic heterocycles. The standard InChI is InChI=1S/C18H24N2O3/c1-12(19)17(21)20-15-9-5-8-14(15)10-16(20)18(22)23-11-13-6-3-2-4-7-13/h2-4,6-7,12,14-16H,5,8-11,19H2,1H3/t12-,14-,15-,16-/m0/s1. The zero-order valence-corrected chi connectivity index (χ0v) is 13.5. The Labute approximate surface area is 136 Å². The summed E-state index contributed by atoms with van der Waals surface area (Å²) in [5, 5.41) is 0. The Bertz CT molecular complexity index is 573. The molecule has 1 saturated carbocycles. The molecule has 5 nitrogen and oxygen atoms in total. The summed E-state index contributed by atoms with van der Waals surface area (Å²) < 4.78 is 5.46. The van der Waals surface area contributed by atoms with Crippen LogP contribution in [0.5, 0.6) is 0 Å². The van der Waals surface area contributed by atoms with Gasteiger partial charge in [-0.25, -0.2) is 4.79 Å². The number of nitrogens with zero attached hydrogens (tertiary/aromatic N) is 1. The topological polar surface area (TPSA) is 72.6 Å². The van der Waals surface area contributed by atoms with Gasteiger partial charge in [0.05, 0.1) is 6.04 Å². The lowest BCUT2D eigenvalue weighted by Gasteiger charge is -2.30. The Morgan fingerprint density at radius 1 is 1.30 bits per heavy atom. The summed E-state index contributed by atoms with van der Waals surface area (Å²) in [4.78, 5) is 26.7. The van der Waals surface area contributed by atoms with E-state index >= 15 is 0 Å². The monoisotopic (exact) mass is 316 g/mol. The Hall–Kier alpha value is -1.88. The van der Waals surface area contributed by atoms with E-state index < -0.39 is 12.1 Å². The second-order valence-electron chi connectivity index (χ2n) is 6.64. The number of likely N-dealkylation sites (tertiary alicyclic amines) is 1. The molecule has 1 heterocycles. The Morgan fingerprint density at radius 3 is 2.74 bits per heavy atom. The predicted molar refractivity (Wildman–Crippen MR) is 86.3 cm³/mol. The third-order valence-corrected chi connectivity index (χ3v) is 4.98. The van der Waals surface area contributed by atoms with E-state index in [1.807, 2.05) is 30.3 Å². The highest BCUT2D eigenvalue weighted by Crippen LogP contribution is 2.41. The number of benzene rings is 1. The minimum Gasteiger partial charge on any atom is -0.459 e. The number of carbonyl (C=O) groups is 2. The summed E-state index contributed by atoms with van der Waals surface area (Å²) in [5.41, 5.74) is 6.73. The maximum absolute atomic E-state index is 12.5. The number of amides is 1. The molecular formula is C18H24N2O3. The number of esters is 1. The maximum atomic E-state index is 12.5. The zero-order chi connectivity index (χ0) is 16.4. The molecule has 0 radical (unpaired) electrons. The van der Waals surface area contributed by atoms with Gasteiger partial charge in [-0.05, 0) is 37.7 Å². The first-order valence-electron chi connectivity index (χ1n) is 8.36. The molecule has 1 saturated heterocycles. The summed E-state index contributed by atoms with van der Waals surface area (Å²) >= 11 is 0. The lowest BCUT2D eigenvalue weighted by Crippen LogP contribution is -2.51. The number of ether oxygens (including phenoxy) is 1. The number of nitrogens with two attached hydrogens (primary N) is 1. The number of rotatable bonds is 4. The van der Waals surface area contributed by atoms with Crippen molar-refractivity contribution in [3.63, 3.8) is 0 Å². The van der Waals surface area contributed by atoms with Crippen LogP contribution in [0.1, 0.15) is 38.2 Å². The van der Waals surface area contributed by atoms with E-state index in [0.29, 0.717) is 12.3 Å². The van der Waals surface area contributed by atoms with Crippen LogP contribution in [-0.2, 0) is 20.9 Å². The average molecular weight is 316 g/mol. The number of hydrogen-bond acceptors (Lipinski definition) is 4. The lowest BCUT2D eigenvalue weighted by molar-refractivity contribution is -0.156. The molecule has 1 amide bonds. The van der Waals surface area contributed by atoms with Gasteiger partial charge in [-0.1, -0.05) is 36.8 Å². The highest BCUT2D eigenvalue weighted by molar-refractivity contribution is 5.88. The zero-order valence-electron chi connectivity index (χ0n) is 13.5. The van der Waals surface area contributed by atoms with Gasteiger partial charge in [0, 0.05) is 6.04 Å². The van der Waals surface area contributed by atoms with Crippen LogP contribution >= 0.6 is 0 Å². The number of fused-ring (bicyclic) bond motifs is 1. The Balaban J connectivity index is 1.69. The number of carbonyl (C=O) groups excluding carboxylic acids is 2. The fourth-order valence-electron chi connectivity index (χ4n) is 3.88. The molecule has 1 aliphatic carbocycles. The molecule has 2 fully saturated rings. The van der Waals surface area contributed by atoms with E-state index in [-0.39, 0.29) is 24.5 Å². The van der Waals surface area contributed by atoms with Gasteiger partial charge in [-0.2, -0.15) is 0 Å². The van der Waals surface area contributed by atoms with Crippen LogP contribution < -0.4 is 5.73 Å². The van der Waals surface area contributed by atoms with Gasteiger partial charge >= 0.3 is 5.97 Å². The SMILES string of the molecule is C[C@H](N)C(=O)N1[C@H](C(=O)OCc2ccccc2)C[C@@H]2CCC[C@@H]21. The molecule has 5 heteroatoms. The van der Waals surface area contributed by atoms with Crippen molar-refractivity contribution in [1.82, 2.24) is 4.90 Å². The fourth-order valence-corrected chi connectivity index (χ4v) is 3.88. The van der Waals surface area contributed by atoms with E-state index in [4.69, 9.17) is 10.5 Å². The van der Waals surface area contributed by atoms with Crippen LogP contribution in [0.3, 0.4) is 0 Å². The van der Waals surface area contributed by atoms with Gasteiger partial charge < -0.3 is 15.4 Å². The smallest absolute Gasteiger partial charge is 0.329 e. The predicted octanol–water partition coefficient (Wildman–Crippen LogP) is 1.85. The van der Waals surface area contributed by atoms with Crippen molar-refractivity contribution in [2.45, 2.75) is 57.3 Å². The molecule has 3 rings (SSSR count). The summed E-state index contributed by atoms with van der Waals surface area (Å²) in [5.74, 6) is -0.0368. The van der Waals surface area contributed by atoms with Crippen molar-refractivity contribution in [1.29, 1.82) is 0 Å². The summed E-state index contributed by atoms with van der Waals surface area (Å²) in [6, 6.07) is 8.67. The first kappa shape index (κ1) is 16.0. The van der Waals surface area contributed by atoms with Crippen LogP contribution in [-0.4, -0.2) is 34.9 Å². The Kier molecular flexibility index (Phi) is 4.66. The molecule has 2 aliphatic rings. The molecule has 0 aromatic heterocycles. The molecular weight excluding hydrogens is 292 g/mol. The van der Waals surface area contributed by atoms with Crippen molar-refractivity contribution >= 4 is 11.9 Å². The maximum Gasteiger partial charge on any atom is 0.329 e. The fraction of sp³-hybridized carbons (Fsp3) is 0.556. The molecule has 0 unspecified atom stereocenters. The molecule has 0 bridgehead atoms. The van der Waals surface area contributed by atoms with Crippen LogP contribution in [0.15, 0.2) is 30.3 Å². The van der Waals surface area contributed by atoms with Crippen molar-refractivity contribution < 1.29 is 14.3 Å². The summed E-state index contributed by atoms with van der Waals surface area (Å²) in [6.45, 7) is 1.92. The molecule has 1 aromatic carbocycles. The van der Waals surface area contributed by atoms with Crippen molar-refractivity contribution in [2.75, 3.05) is 0 Å². The molecule has 1 aromatic rings. The van der Waals surface area contributed by atoms with Crippen LogP contribution in [0, 0.1) is 5.92 Å². The average Bonchev–Trinajstić information content (AvgIpc) is 3.13. The second-order valence-corrected chi connectivity index (χ2v) is 6.64. The first-order valence-corrected chi connectivity index (χ1v) is 8.36. The summed E-state index contributed by atoms with van der Waals surface area (Å²) in [6.07, 6.45) is 3.86. The highest BCUT2D eigenvalue weighted by atomic mass is 16.5. The molecule has 2 N–H and O–H groups in total. The van der Waals surface area contributed by atoms with Crippen molar-refractivity contribution in [3.05, 3.63) is 35.9 Å². The van der Waals surface area contributed by atoms with Gasteiger partial charge in [-0.3, -0.25) is 4.79 Å². The summed E-state index contributed by atoms with van der Waals surface area (Å²) in [7, 11) is 0. The third kappa shape index (κ3) is 3.24. The molecule has 23 heavy (non-hydrogen) atoms. The highest BCUT2D eigenvalue weighted by Gasteiger charge is 2.49. The van der Waals surface area contributed by atoms with Crippen LogP contribution in [0.4, 0.5) is 0 Å². The van der Waals surface area contributed by atoms with E-state index in [1.54, 1.807) is 11.8 Å². The lowest BCUT2D eigenvalue weighted by atomic mass is 10.0. The van der Waals surface area contributed by atoms with Gasteiger partial charge in [0.15, 0.2) is 0 Å². The van der Waals surface area contributed by atoms with Gasteiger partial charge in [0.1, 0.15) is 12.6 Å². The van der Waals surface area contributed by atoms with E-state index in [2.05, 4.69) is 0 Å². The quantitative estimate of drug-likeness (QED) is 0.860. The van der Waals surface area contributed by atoms with Crippen LogP contribution in [0.25, 0.3) is 0 Å². The minimum absolute atomic E-state index is 0.138. The van der Waals surface area contributed by atoms with Gasteiger partial charge in [-0.15, -0.1) is 0 Å². The van der Waals surface area contributed by atoms with E-state index in [0.717, 1.165) is 24.8 Å². The van der Waals surface area contributed by atoms with E-state index in [9.17, 15) is 9.59 Å². The van der Waals surface area contributed by atoms with E-state index in [1.165, 1.54) is 0 Å².